The molecule has 0 saturated heterocycles. The molecular formula is C16H24O2. The molecule has 0 spiro atoms. The molecular weight excluding hydrogens is 224 g/mol. The first-order valence-electron chi connectivity index (χ1n) is 6.36. The van der Waals surface area contributed by atoms with Crippen molar-refractivity contribution in [3.8, 4) is 5.75 Å². The van der Waals surface area contributed by atoms with Crippen LogP contribution in [0.15, 0.2) is 12.1 Å². The van der Waals surface area contributed by atoms with Gasteiger partial charge in [-0.05, 0) is 35.4 Å². The van der Waals surface area contributed by atoms with Gasteiger partial charge < -0.3 is 9.90 Å². The Morgan fingerprint density at radius 1 is 1.17 bits per heavy atom. The molecule has 0 bridgehead atoms. The van der Waals surface area contributed by atoms with E-state index in [-0.39, 0.29) is 10.8 Å². The quantitative estimate of drug-likeness (QED) is 0.827. The fraction of sp³-hybridized carbons (Fsp3) is 0.562. The van der Waals surface area contributed by atoms with Crippen molar-refractivity contribution in [1.82, 2.24) is 0 Å². The molecule has 1 rings (SSSR count). The van der Waals surface area contributed by atoms with E-state index in [1.165, 1.54) is 0 Å². The van der Waals surface area contributed by atoms with E-state index >= 15 is 0 Å². The predicted octanol–water partition coefficient (Wildman–Crippen LogP) is 3.77. The van der Waals surface area contributed by atoms with Crippen LogP contribution >= 0.6 is 0 Å². The Morgan fingerprint density at radius 3 is 2.17 bits per heavy atom. The van der Waals surface area contributed by atoms with Gasteiger partial charge in [0.25, 0.3) is 0 Å². The highest BCUT2D eigenvalue weighted by atomic mass is 16.3. The number of benzene rings is 1. The number of phenolic OH excluding ortho intramolecular Hbond substituents is 1. The van der Waals surface area contributed by atoms with Gasteiger partial charge in [-0.25, -0.2) is 0 Å². The number of aromatic hydroxyl groups is 1. The molecule has 2 nitrogen and oxygen atoms in total. The fourth-order valence-corrected chi connectivity index (χ4v) is 2.10. The second kappa shape index (κ2) is 4.75. The number of rotatable bonds is 3. The van der Waals surface area contributed by atoms with E-state index in [0.29, 0.717) is 12.2 Å². The summed E-state index contributed by atoms with van der Waals surface area (Å²) in [6, 6.07) is 3.99. The molecule has 2 heteroatoms. The normalized spacial score (nSPS) is 12.6. The van der Waals surface area contributed by atoms with Crippen molar-refractivity contribution in [3.63, 3.8) is 0 Å². The highest BCUT2D eigenvalue weighted by molar-refractivity contribution is 5.59. The lowest BCUT2D eigenvalue weighted by molar-refractivity contribution is -0.114. The number of aryl methyl sites for hydroxylation is 1. The van der Waals surface area contributed by atoms with Crippen molar-refractivity contribution in [1.29, 1.82) is 0 Å². The highest BCUT2D eigenvalue weighted by Crippen LogP contribution is 2.35. The van der Waals surface area contributed by atoms with Crippen molar-refractivity contribution in [2.24, 2.45) is 5.41 Å². The van der Waals surface area contributed by atoms with Crippen LogP contribution in [0.5, 0.6) is 5.75 Å². The summed E-state index contributed by atoms with van der Waals surface area (Å²) in [4.78, 5) is 11.0. The third-order valence-corrected chi connectivity index (χ3v) is 3.15. The van der Waals surface area contributed by atoms with Crippen molar-refractivity contribution in [3.05, 3.63) is 28.8 Å². The Hall–Kier alpha value is -1.31. The van der Waals surface area contributed by atoms with Crippen LogP contribution in [-0.2, 0) is 16.6 Å². The lowest BCUT2D eigenvalue weighted by atomic mass is 9.81. The lowest BCUT2D eigenvalue weighted by Gasteiger charge is -2.24. The van der Waals surface area contributed by atoms with Gasteiger partial charge in [0.2, 0.25) is 0 Å². The molecule has 0 aliphatic carbocycles. The van der Waals surface area contributed by atoms with E-state index in [1.54, 1.807) is 0 Å². The van der Waals surface area contributed by atoms with Gasteiger partial charge in [0, 0.05) is 5.41 Å². The molecule has 0 amide bonds. The van der Waals surface area contributed by atoms with Gasteiger partial charge in [-0.3, -0.25) is 0 Å². The van der Waals surface area contributed by atoms with E-state index in [0.717, 1.165) is 23.0 Å². The van der Waals surface area contributed by atoms with Gasteiger partial charge in [0.15, 0.2) is 0 Å². The first-order valence-corrected chi connectivity index (χ1v) is 6.36. The molecule has 0 aliphatic rings. The molecule has 0 aromatic heterocycles. The first kappa shape index (κ1) is 14.7. The first-order chi connectivity index (χ1) is 8.07. The summed E-state index contributed by atoms with van der Waals surface area (Å²) in [6.07, 6.45) is 1.69. The Bertz CT molecular complexity index is 451. The molecule has 0 radical (unpaired) electrons. The maximum atomic E-state index is 11.0. The van der Waals surface area contributed by atoms with Crippen LogP contribution in [0.2, 0.25) is 0 Å². The zero-order chi connectivity index (χ0) is 14.1. The number of hydrogen-bond donors (Lipinski definition) is 1. The van der Waals surface area contributed by atoms with Gasteiger partial charge in [-0.15, -0.1) is 0 Å². The number of carbonyl (C=O) groups excluding carboxylic acids is 1. The van der Waals surface area contributed by atoms with Crippen molar-refractivity contribution < 1.29 is 9.90 Å². The molecule has 0 unspecified atom stereocenters. The van der Waals surface area contributed by atoms with Crippen LogP contribution in [0, 0.1) is 12.3 Å². The molecule has 1 N–H and O–H groups in total. The Kier molecular flexibility index (Phi) is 3.89. The van der Waals surface area contributed by atoms with Crippen LogP contribution in [0.4, 0.5) is 0 Å². The number of hydrogen-bond acceptors (Lipinski definition) is 2. The Labute approximate surface area is 110 Å². The molecule has 0 saturated carbocycles. The van der Waals surface area contributed by atoms with E-state index in [1.807, 2.05) is 32.9 Å². The van der Waals surface area contributed by atoms with E-state index in [2.05, 4.69) is 20.8 Å². The number of carbonyl (C=O) groups is 1. The maximum Gasteiger partial charge on any atom is 0.125 e. The zero-order valence-corrected chi connectivity index (χ0v) is 12.3. The average molecular weight is 248 g/mol. The standard InChI is InChI=1S/C16H24O2/c1-11-7-12(9-16(5,6)10-17)8-13(14(11)18)15(2,3)4/h7-8,10,18H,9H2,1-6H3. The van der Waals surface area contributed by atoms with Gasteiger partial charge >= 0.3 is 0 Å². The molecule has 0 fully saturated rings. The van der Waals surface area contributed by atoms with Crippen LogP contribution < -0.4 is 0 Å². The minimum absolute atomic E-state index is 0.101. The maximum absolute atomic E-state index is 11.0. The third-order valence-electron chi connectivity index (χ3n) is 3.15. The van der Waals surface area contributed by atoms with E-state index in [9.17, 15) is 9.90 Å². The van der Waals surface area contributed by atoms with E-state index < -0.39 is 0 Å². The SMILES string of the molecule is Cc1cc(CC(C)(C)C=O)cc(C(C)(C)C)c1O. The van der Waals surface area contributed by atoms with Gasteiger partial charge in [-0.1, -0.05) is 46.8 Å². The molecule has 1 aromatic rings. The van der Waals surface area contributed by atoms with Gasteiger partial charge in [0.1, 0.15) is 12.0 Å². The minimum Gasteiger partial charge on any atom is -0.507 e. The summed E-state index contributed by atoms with van der Waals surface area (Å²) in [6.45, 7) is 12.0. The molecule has 0 atom stereocenters. The summed E-state index contributed by atoms with van der Waals surface area (Å²) in [7, 11) is 0. The van der Waals surface area contributed by atoms with Crippen molar-refractivity contribution in [2.45, 2.75) is 53.4 Å². The summed E-state index contributed by atoms with van der Waals surface area (Å²) >= 11 is 0. The Balaban J connectivity index is 3.25. The van der Waals surface area contributed by atoms with Gasteiger partial charge in [-0.2, -0.15) is 0 Å². The zero-order valence-electron chi connectivity index (χ0n) is 12.3. The summed E-state index contributed by atoms with van der Waals surface area (Å²) in [5.41, 5.74) is 2.46. The van der Waals surface area contributed by atoms with Crippen LogP contribution in [0.1, 0.15) is 51.3 Å². The molecule has 0 aliphatic heterocycles. The van der Waals surface area contributed by atoms with Crippen LogP contribution in [0.3, 0.4) is 0 Å². The summed E-state index contributed by atoms with van der Waals surface area (Å²) in [5, 5.41) is 10.1. The minimum atomic E-state index is -0.363. The lowest BCUT2D eigenvalue weighted by Crippen LogP contribution is -2.18. The molecule has 1 aromatic carbocycles. The predicted molar refractivity (Wildman–Crippen MR) is 75.1 cm³/mol. The monoisotopic (exact) mass is 248 g/mol. The molecule has 0 heterocycles. The topological polar surface area (TPSA) is 37.3 Å². The Morgan fingerprint density at radius 2 is 1.72 bits per heavy atom. The smallest absolute Gasteiger partial charge is 0.125 e. The largest absolute Gasteiger partial charge is 0.507 e. The highest BCUT2D eigenvalue weighted by Gasteiger charge is 2.23. The molecule has 18 heavy (non-hydrogen) atoms. The number of phenols is 1. The van der Waals surface area contributed by atoms with Crippen LogP contribution in [-0.4, -0.2) is 11.4 Å². The van der Waals surface area contributed by atoms with Gasteiger partial charge in [0.05, 0.1) is 0 Å². The number of aldehydes is 1. The summed E-state index contributed by atoms with van der Waals surface area (Å²) in [5.74, 6) is 0.371. The van der Waals surface area contributed by atoms with E-state index in [4.69, 9.17) is 0 Å². The fourth-order valence-electron chi connectivity index (χ4n) is 2.10. The average Bonchev–Trinajstić information content (AvgIpc) is 2.21. The molecule has 100 valence electrons. The second-order valence-corrected chi connectivity index (χ2v) is 6.84. The third kappa shape index (κ3) is 3.34. The van der Waals surface area contributed by atoms with Crippen molar-refractivity contribution in [2.75, 3.05) is 0 Å². The second-order valence-electron chi connectivity index (χ2n) is 6.84. The van der Waals surface area contributed by atoms with Crippen molar-refractivity contribution >= 4 is 6.29 Å². The summed E-state index contributed by atoms with van der Waals surface area (Å²) < 4.78 is 0. The van der Waals surface area contributed by atoms with Crippen LogP contribution in [0.25, 0.3) is 0 Å².